The minimum absolute atomic E-state index is 0.0506. The molecule has 0 bridgehead atoms. The van der Waals surface area contributed by atoms with Crippen molar-refractivity contribution in [3.63, 3.8) is 0 Å². The molecule has 2 N–H and O–H groups in total. The van der Waals surface area contributed by atoms with Gasteiger partial charge in [-0.25, -0.2) is 5.01 Å². The fourth-order valence-electron chi connectivity index (χ4n) is 2.54. The lowest BCUT2D eigenvalue weighted by molar-refractivity contribution is -0.115. The number of nitrogens with zero attached hydrogens (tertiary/aromatic N) is 1. The molecule has 0 atom stereocenters. The number of rotatable bonds is 4. The molecule has 0 unspecified atom stereocenters. The second-order valence-electron chi connectivity index (χ2n) is 5.51. The van der Waals surface area contributed by atoms with Crippen molar-refractivity contribution in [3.8, 4) is 0 Å². The zero-order chi connectivity index (χ0) is 15.4. The van der Waals surface area contributed by atoms with Crippen LogP contribution >= 0.6 is 11.3 Å². The second kappa shape index (κ2) is 7.04. The average Bonchev–Trinajstić information content (AvgIpc) is 2.59. The van der Waals surface area contributed by atoms with Gasteiger partial charge in [-0.3, -0.25) is 15.0 Å². The van der Waals surface area contributed by atoms with E-state index in [1.807, 2.05) is 6.92 Å². The molecule has 0 aromatic carbocycles. The molecule has 1 aromatic heterocycles. The fraction of sp³-hybridized carbons (Fsp3) is 0.600. The van der Waals surface area contributed by atoms with E-state index in [9.17, 15) is 9.59 Å². The third-order valence-corrected chi connectivity index (χ3v) is 4.75. The standard InChI is InChI=1S/C15H23N3O2S/c1-4-12(19)16-15-13(14(20)17-18(2)3)10-8-6-5-7-9-11(10)21-15/h4-9H2,1-3H3,(H,16,19)(H,17,20). The van der Waals surface area contributed by atoms with E-state index in [1.54, 1.807) is 30.4 Å². The van der Waals surface area contributed by atoms with Crippen LogP contribution in [0.1, 0.15) is 53.4 Å². The summed E-state index contributed by atoms with van der Waals surface area (Å²) in [6.45, 7) is 1.81. The normalized spacial score (nSPS) is 14.5. The Morgan fingerprint density at radius 1 is 1.19 bits per heavy atom. The Bertz CT molecular complexity index is 537. The molecule has 6 heteroatoms. The number of amides is 2. The summed E-state index contributed by atoms with van der Waals surface area (Å²) in [7, 11) is 3.57. The summed E-state index contributed by atoms with van der Waals surface area (Å²) < 4.78 is 0. The second-order valence-corrected chi connectivity index (χ2v) is 6.61. The summed E-state index contributed by atoms with van der Waals surface area (Å²) in [5.74, 6) is -0.184. The molecule has 0 radical (unpaired) electrons. The first-order valence-corrected chi connectivity index (χ1v) is 8.27. The highest BCUT2D eigenvalue weighted by Gasteiger charge is 2.25. The first-order chi connectivity index (χ1) is 10.0. The van der Waals surface area contributed by atoms with Crippen molar-refractivity contribution in [2.45, 2.75) is 45.4 Å². The van der Waals surface area contributed by atoms with Crippen LogP contribution < -0.4 is 10.7 Å². The molecular formula is C15H23N3O2S. The van der Waals surface area contributed by atoms with E-state index in [4.69, 9.17) is 0 Å². The van der Waals surface area contributed by atoms with Gasteiger partial charge in [0.05, 0.1) is 5.56 Å². The molecule has 0 aliphatic heterocycles. The lowest BCUT2D eigenvalue weighted by Crippen LogP contribution is -2.36. The summed E-state index contributed by atoms with van der Waals surface area (Å²) in [5.41, 5.74) is 4.58. The van der Waals surface area contributed by atoms with Crippen LogP contribution in [-0.4, -0.2) is 30.9 Å². The van der Waals surface area contributed by atoms with Crippen LogP contribution in [0.3, 0.4) is 0 Å². The van der Waals surface area contributed by atoms with E-state index in [0.29, 0.717) is 17.0 Å². The first kappa shape index (κ1) is 16.0. The van der Waals surface area contributed by atoms with E-state index in [1.165, 1.54) is 11.3 Å². The summed E-state index contributed by atoms with van der Waals surface area (Å²) >= 11 is 1.56. The Hall–Kier alpha value is -1.40. The van der Waals surface area contributed by atoms with E-state index in [2.05, 4.69) is 10.7 Å². The van der Waals surface area contributed by atoms with Gasteiger partial charge in [0.2, 0.25) is 5.91 Å². The quantitative estimate of drug-likeness (QED) is 0.664. The van der Waals surface area contributed by atoms with E-state index in [-0.39, 0.29) is 11.8 Å². The van der Waals surface area contributed by atoms with Crippen LogP contribution in [-0.2, 0) is 17.6 Å². The van der Waals surface area contributed by atoms with E-state index >= 15 is 0 Å². The SMILES string of the molecule is CCC(=O)Nc1sc2c(c1C(=O)NN(C)C)CCCCC2. The van der Waals surface area contributed by atoms with Gasteiger partial charge in [-0.1, -0.05) is 13.3 Å². The molecule has 5 nitrogen and oxygen atoms in total. The highest BCUT2D eigenvalue weighted by molar-refractivity contribution is 7.17. The van der Waals surface area contributed by atoms with Crippen molar-refractivity contribution in [2.24, 2.45) is 0 Å². The monoisotopic (exact) mass is 309 g/mol. The number of hydrogen-bond acceptors (Lipinski definition) is 4. The van der Waals surface area contributed by atoms with Gasteiger partial charge in [0.1, 0.15) is 5.00 Å². The Morgan fingerprint density at radius 2 is 1.90 bits per heavy atom. The van der Waals surface area contributed by atoms with Gasteiger partial charge in [0, 0.05) is 25.4 Å². The van der Waals surface area contributed by atoms with Gasteiger partial charge < -0.3 is 5.32 Å². The molecule has 21 heavy (non-hydrogen) atoms. The minimum atomic E-state index is -0.134. The zero-order valence-corrected chi connectivity index (χ0v) is 13.7. The van der Waals surface area contributed by atoms with Gasteiger partial charge in [-0.2, -0.15) is 0 Å². The minimum Gasteiger partial charge on any atom is -0.317 e. The highest BCUT2D eigenvalue weighted by atomic mass is 32.1. The molecule has 1 aliphatic rings. The Balaban J connectivity index is 2.39. The van der Waals surface area contributed by atoms with Crippen LogP contribution in [0.4, 0.5) is 5.00 Å². The molecule has 0 spiro atoms. The topological polar surface area (TPSA) is 61.4 Å². The van der Waals surface area contributed by atoms with Gasteiger partial charge in [-0.15, -0.1) is 11.3 Å². The molecule has 1 heterocycles. The molecule has 2 amide bonds. The zero-order valence-electron chi connectivity index (χ0n) is 12.9. The maximum absolute atomic E-state index is 12.5. The smallest absolute Gasteiger partial charge is 0.268 e. The van der Waals surface area contributed by atoms with Crippen LogP contribution in [0.25, 0.3) is 0 Å². The fourth-order valence-corrected chi connectivity index (χ4v) is 3.85. The number of aryl methyl sites for hydroxylation is 1. The Kier molecular flexibility index (Phi) is 5.36. The van der Waals surface area contributed by atoms with Crippen molar-refractivity contribution in [2.75, 3.05) is 19.4 Å². The molecule has 0 fully saturated rings. The van der Waals surface area contributed by atoms with Crippen LogP contribution in [0.5, 0.6) is 0 Å². The molecule has 0 saturated carbocycles. The molecule has 1 aromatic rings. The third-order valence-electron chi connectivity index (χ3n) is 3.55. The highest BCUT2D eigenvalue weighted by Crippen LogP contribution is 2.37. The number of hydrazine groups is 1. The third kappa shape index (κ3) is 3.83. The predicted molar refractivity (Wildman–Crippen MR) is 85.7 cm³/mol. The van der Waals surface area contributed by atoms with Crippen LogP contribution in [0.15, 0.2) is 0 Å². The van der Waals surface area contributed by atoms with Crippen molar-refractivity contribution in [1.29, 1.82) is 0 Å². The number of fused-ring (bicyclic) bond motifs is 1. The lowest BCUT2D eigenvalue weighted by atomic mass is 10.1. The summed E-state index contributed by atoms with van der Waals surface area (Å²) in [4.78, 5) is 25.5. The molecule has 1 aliphatic carbocycles. The van der Waals surface area contributed by atoms with Gasteiger partial charge >= 0.3 is 0 Å². The molecular weight excluding hydrogens is 286 g/mol. The maximum Gasteiger partial charge on any atom is 0.268 e. The molecule has 116 valence electrons. The summed E-state index contributed by atoms with van der Waals surface area (Å²) in [6.07, 6.45) is 5.80. The van der Waals surface area contributed by atoms with Gasteiger partial charge in [-0.05, 0) is 31.2 Å². The van der Waals surface area contributed by atoms with E-state index in [0.717, 1.165) is 31.2 Å². The number of thiophene rings is 1. The van der Waals surface area contributed by atoms with Crippen LogP contribution in [0.2, 0.25) is 0 Å². The average molecular weight is 309 g/mol. The molecule has 2 rings (SSSR count). The van der Waals surface area contributed by atoms with Gasteiger partial charge in [0.15, 0.2) is 0 Å². The largest absolute Gasteiger partial charge is 0.317 e. The van der Waals surface area contributed by atoms with E-state index < -0.39 is 0 Å². The number of hydrogen-bond donors (Lipinski definition) is 2. The van der Waals surface area contributed by atoms with Crippen LogP contribution in [0, 0.1) is 0 Å². The summed E-state index contributed by atoms with van der Waals surface area (Å²) in [5, 5.41) is 5.23. The predicted octanol–water partition coefficient (Wildman–Crippen LogP) is 2.57. The number of carbonyl (C=O) groups is 2. The first-order valence-electron chi connectivity index (χ1n) is 7.45. The number of anilines is 1. The van der Waals surface area contributed by atoms with Crippen molar-refractivity contribution in [3.05, 3.63) is 16.0 Å². The van der Waals surface area contributed by atoms with Crippen molar-refractivity contribution in [1.82, 2.24) is 10.4 Å². The Labute approximate surface area is 129 Å². The van der Waals surface area contributed by atoms with Crippen molar-refractivity contribution >= 4 is 28.2 Å². The number of nitrogens with one attached hydrogen (secondary N) is 2. The number of carbonyl (C=O) groups excluding carboxylic acids is 2. The molecule has 0 saturated heterocycles. The lowest BCUT2D eigenvalue weighted by Gasteiger charge is -2.14. The Morgan fingerprint density at radius 3 is 2.57 bits per heavy atom. The van der Waals surface area contributed by atoms with Crippen molar-refractivity contribution < 1.29 is 9.59 Å². The summed E-state index contributed by atoms with van der Waals surface area (Å²) in [6, 6.07) is 0. The maximum atomic E-state index is 12.5. The van der Waals surface area contributed by atoms with Gasteiger partial charge in [0.25, 0.3) is 5.91 Å².